The number of carbonyl (C=O) groups is 1. The molecule has 2 aromatic heterocycles. The van der Waals surface area contributed by atoms with Crippen molar-refractivity contribution in [3.8, 4) is 0 Å². The minimum Gasteiger partial charge on any atom is -0.347 e. The van der Waals surface area contributed by atoms with Crippen LogP contribution in [0.25, 0.3) is 5.78 Å². The monoisotopic (exact) mass is 346 g/mol. The quantitative estimate of drug-likeness (QED) is 0.771. The summed E-state index contributed by atoms with van der Waals surface area (Å²) in [7, 11) is 0. The molecular weight excluding hydrogens is 331 g/mol. The Morgan fingerprint density at radius 3 is 2.96 bits per heavy atom. The first-order valence-corrected chi connectivity index (χ1v) is 7.98. The van der Waals surface area contributed by atoms with Crippen molar-refractivity contribution in [2.45, 2.75) is 25.8 Å². The van der Waals surface area contributed by atoms with E-state index >= 15 is 0 Å². The van der Waals surface area contributed by atoms with Crippen LogP contribution in [0.15, 0.2) is 42.9 Å². The molecular formula is C17H16ClFN4O. The SMILES string of the molecule is CC[C@H](NC(=O)Cc1c(F)cccc1Cl)c1cn2cccnc2n1. The number of rotatable bonds is 5. The second-order valence-electron chi connectivity index (χ2n) is 5.40. The normalized spacial score (nSPS) is 12.3. The highest BCUT2D eigenvalue weighted by molar-refractivity contribution is 6.31. The molecule has 0 saturated carbocycles. The van der Waals surface area contributed by atoms with Gasteiger partial charge in [0.15, 0.2) is 0 Å². The van der Waals surface area contributed by atoms with Gasteiger partial charge in [0.25, 0.3) is 0 Å². The molecule has 5 nitrogen and oxygen atoms in total. The number of hydrogen-bond donors (Lipinski definition) is 1. The topological polar surface area (TPSA) is 59.3 Å². The molecule has 0 radical (unpaired) electrons. The van der Waals surface area contributed by atoms with Crippen LogP contribution in [0.1, 0.15) is 30.6 Å². The molecule has 7 heteroatoms. The average Bonchev–Trinajstić information content (AvgIpc) is 3.00. The van der Waals surface area contributed by atoms with Crippen LogP contribution in [-0.4, -0.2) is 20.3 Å². The zero-order valence-electron chi connectivity index (χ0n) is 13.0. The third-order valence-corrected chi connectivity index (χ3v) is 4.11. The fourth-order valence-electron chi connectivity index (χ4n) is 2.51. The van der Waals surface area contributed by atoms with Crippen LogP contribution in [-0.2, 0) is 11.2 Å². The smallest absolute Gasteiger partial charge is 0.233 e. The maximum atomic E-state index is 13.8. The minimum atomic E-state index is -0.484. The summed E-state index contributed by atoms with van der Waals surface area (Å²) in [6, 6.07) is 5.90. The van der Waals surface area contributed by atoms with Crippen LogP contribution in [0.5, 0.6) is 0 Å². The molecule has 0 bridgehead atoms. The summed E-state index contributed by atoms with van der Waals surface area (Å²) in [5.41, 5.74) is 0.910. The number of aromatic nitrogens is 3. The van der Waals surface area contributed by atoms with Crippen molar-refractivity contribution in [1.82, 2.24) is 19.7 Å². The molecule has 0 fully saturated rings. The number of nitrogens with one attached hydrogen (secondary N) is 1. The molecule has 24 heavy (non-hydrogen) atoms. The van der Waals surface area contributed by atoms with Gasteiger partial charge in [0.1, 0.15) is 5.82 Å². The molecule has 1 N–H and O–H groups in total. The maximum Gasteiger partial charge on any atom is 0.233 e. The van der Waals surface area contributed by atoms with Crippen LogP contribution in [0, 0.1) is 5.82 Å². The number of halogens is 2. The number of fused-ring (bicyclic) bond motifs is 1. The highest BCUT2D eigenvalue weighted by Gasteiger charge is 2.18. The van der Waals surface area contributed by atoms with Gasteiger partial charge in [0.2, 0.25) is 11.7 Å². The van der Waals surface area contributed by atoms with Crippen molar-refractivity contribution in [2.75, 3.05) is 0 Å². The molecule has 124 valence electrons. The third-order valence-electron chi connectivity index (χ3n) is 3.75. The summed E-state index contributed by atoms with van der Waals surface area (Å²) in [6.07, 6.45) is 5.86. The Bertz CT molecular complexity index is 827. The Labute approximate surface area is 143 Å². The largest absolute Gasteiger partial charge is 0.347 e. The Kier molecular flexibility index (Phi) is 4.76. The fraction of sp³-hybridized carbons (Fsp3) is 0.235. The van der Waals surface area contributed by atoms with E-state index in [9.17, 15) is 9.18 Å². The standard InChI is InChI=1S/C17H16ClFN4O/c1-2-14(15-10-23-8-4-7-20-17(23)22-15)21-16(24)9-11-12(18)5-3-6-13(11)19/h3-8,10,14H,2,9H2,1H3,(H,21,24)/t14-/m0/s1. The van der Waals surface area contributed by atoms with Gasteiger partial charge >= 0.3 is 0 Å². The summed E-state index contributed by atoms with van der Waals surface area (Å²) < 4.78 is 15.6. The first kappa shape index (κ1) is 16.4. The van der Waals surface area contributed by atoms with Gasteiger partial charge in [-0.15, -0.1) is 0 Å². The molecule has 3 aromatic rings. The second-order valence-corrected chi connectivity index (χ2v) is 5.81. The first-order chi connectivity index (χ1) is 11.6. The molecule has 0 aliphatic rings. The second kappa shape index (κ2) is 6.97. The van der Waals surface area contributed by atoms with E-state index in [1.807, 2.05) is 19.3 Å². The summed E-state index contributed by atoms with van der Waals surface area (Å²) >= 11 is 5.97. The lowest BCUT2D eigenvalue weighted by Gasteiger charge is -2.15. The number of nitrogens with zero attached hydrogens (tertiary/aromatic N) is 3. The van der Waals surface area contributed by atoms with E-state index in [1.54, 1.807) is 22.7 Å². The van der Waals surface area contributed by atoms with Crippen LogP contribution < -0.4 is 5.32 Å². The number of imidazole rings is 1. The minimum absolute atomic E-state index is 0.117. The van der Waals surface area contributed by atoms with Crippen LogP contribution in [0.3, 0.4) is 0 Å². The number of benzene rings is 1. The van der Waals surface area contributed by atoms with Crippen molar-refractivity contribution in [3.05, 3.63) is 65.0 Å². The molecule has 1 aromatic carbocycles. The molecule has 0 aliphatic carbocycles. The van der Waals surface area contributed by atoms with E-state index in [2.05, 4.69) is 15.3 Å². The predicted molar refractivity (Wildman–Crippen MR) is 89.3 cm³/mol. The van der Waals surface area contributed by atoms with E-state index in [0.717, 1.165) is 0 Å². The lowest BCUT2D eigenvalue weighted by atomic mass is 10.1. The van der Waals surface area contributed by atoms with E-state index < -0.39 is 5.82 Å². The number of amides is 1. The lowest BCUT2D eigenvalue weighted by Crippen LogP contribution is -2.30. The maximum absolute atomic E-state index is 13.8. The Hall–Kier alpha value is -2.47. The van der Waals surface area contributed by atoms with Gasteiger partial charge in [-0.3, -0.25) is 9.20 Å². The zero-order chi connectivity index (χ0) is 17.1. The van der Waals surface area contributed by atoms with Gasteiger partial charge in [-0.1, -0.05) is 24.6 Å². The van der Waals surface area contributed by atoms with Gasteiger partial charge in [-0.25, -0.2) is 14.4 Å². The van der Waals surface area contributed by atoms with E-state index in [0.29, 0.717) is 17.9 Å². The van der Waals surface area contributed by atoms with E-state index in [1.165, 1.54) is 12.1 Å². The van der Waals surface area contributed by atoms with Gasteiger partial charge in [-0.05, 0) is 24.6 Å². The average molecular weight is 347 g/mol. The van der Waals surface area contributed by atoms with Crippen LogP contribution >= 0.6 is 11.6 Å². The molecule has 2 heterocycles. The highest BCUT2D eigenvalue weighted by atomic mass is 35.5. The third kappa shape index (κ3) is 3.38. The van der Waals surface area contributed by atoms with Gasteiger partial charge in [0, 0.05) is 29.2 Å². The van der Waals surface area contributed by atoms with Crippen molar-refractivity contribution < 1.29 is 9.18 Å². The van der Waals surface area contributed by atoms with Crippen LogP contribution in [0.4, 0.5) is 4.39 Å². The Balaban J connectivity index is 1.76. The van der Waals surface area contributed by atoms with Crippen molar-refractivity contribution in [3.63, 3.8) is 0 Å². The summed E-state index contributed by atoms with van der Waals surface area (Å²) in [4.78, 5) is 20.9. The molecule has 0 unspecified atom stereocenters. The first-order valence-electron chi connectivity index (χ1n) is 7.60. The van der Waals surface area contributed by atoms with E-state index in [-0.39, 0.29) is 29.0 Å². The summed E-state index contributed by atoms with van der Waals surface area (Å²) in [5, 5.41) is 3.12. The zero-order valence-corrected chi connectivity index (χ0v) is 13.8. The summed E-state index contributed by atoms with van der Waals surface area (Å²) in [6.45, 7) is 1.94. The van der Waals surface area contributed by atoms with Gasteiger partial charge in [-0.2, -0.15) is 0 Å². The van der Waals surface area contributed by atoms with Crippen LogP contribution in [0.2, 0.25) is 5.02 Å². The lowest BCUT2D eigenvalue weighted by molar-refractivity contribution is -0.121. The molecule has 0 saturated heterocycles. The Morgan fingerprint density at radius 2 is 2.25 bits per heavy atom. The molecule has 0 aliphatic heterocycles. The predicted octanol–water partition coefficient (Wildman–Crippen LogP) is 3.33. The molecule has 3 rings (SSSR count). The van der Waals surface area contributed by atoms with Crippen molar-refractivity contribution in [2.24, 2.45) is 0 Å². The highest BCUT2D eigenvalue weighted by Crippen LogP contribution is 2.21. The van der Waals surface area contributed by atoms with Gasteiger partial charge in [0.05, 0.1) is 18.2 Å². The summed E-state index contributed by atoms with van der Waals surface area (Å²) in [5.74, 6) is -0.223. The number of hydrogen-bond acceptors (Lipinski definition) is 3. The Morgan fingerprint density at radius 1 is 1.42 bits per heavy atom. The van der Waals surface area contributed by atoms with Gasteiger partial charge < -0.3 is 5.32 Å². The van der Waals surface area contributed by atoms with Crippen molar-refractivity contribution >= 4 is 23.3 Å². The van der Waals surface area contributed by atoms with E-state index in [4.69, 9.17) is 11.6 Å². The molecule has 1 atom stereocenters. The molecule has 0 spiro atoms. The molecule has 1 amide bonds. The fourth-order valence-corrected chi connectivity index (χ4v) is 2.74. The van der Waals surface area contributed by atoms with Crippen molar-refractivity contribution in [1.29, 1.82) is 0 Å². The number of carbonyl (C=O) groups excluding carboxylic acids is 1.